The smallest absolute Gasteiger partial charge is 0.0399 e. The van der Waals surface area contributed by atoms with E-state index in [0.29, 0.717) is 0 Å². The molecule has 1 nitrogen and oxygen atoms in total. The Kier molecular flexibility index (Phi) is 4.67. The van der Waals surface area contributed by atoms with Gasteiger partial charge in [0.25, 0.3) is 0 Å². The summed E-state index contributed by atoms with van der Waals surface area (Å²) in [6, 6.07) is 6.45. The second kappa shape index (κ2) is 5.79. The van der Waals surface area contributed by atoms with E-state index >= 15 is 0 Å². The number of para-hydroxylation sites is 1. The summed E-state index contributed by atoms with van der Waals surface area (Å²) < 4.78 is 0. The third-order valence-corrected chi connectivity index (χ3v) is 2.89. The van der Waals surface area contributed by atoms with Crippen LogP contribution in [0.5, 0.6) is 0 Å². The van der Waals surface area contributed by atoms with Gasteiger partial charge >= 0.3 is 0 Å². The van der Waals surface area contributed by atoms with Gasteiger partial charge in [0.1, 0.15) is 0 Å². The van der Waals surface area contributed by atoms with Gasteiger partial charge in [-0.15, -0.1) is 0 Å². The molecule has 1 aromatic carbocycles. The minimum atomic E-state index is 0. The molecule has 1 aromatic rings. The van der Waals surface area contributed by atoms with Crippen LogP contribution in [0.25, 0.3) is 0 Å². The molecular formula is C14H25N. The van der Waals surface area contributed by atoms with Crippen molar-refractivity contribution in [2.75, 3.05) is 11.9 Å². The second-order valence-corrected chi connectivity index (χ2v) is 4.54. The number of hydrogen-bond acceptors (Lipinski definition) is 1. The maximum atomic E-state index is 3.57. The molecular weight excluding hydrogens is 182 g/mol. The fourth-order valence-corrected chi connectivity index (χ4v) is 1.96. The lowest BCUT2D eigenvalue weighted by Crippen LogP contribution is -2.12. The molecule has 1 N–H and O–H groups in total. The predicted octanol–water partition coefficient (Wildman–Crippen LogP) is 4.40. The van der Waals surface area contributed by atoms with E-state index in [0.717, 1.165) is 12.5 Å². The number of hydrogen-bond donors (Lipinski definition) is 1. The van der Waals surface area contributed by atoms with Crippen molar-refractivity contribution >= 4 is 5.69 Å². The zero-order chi connectivity index (χ0) is 11.3. The Labute approximate surface area is 95.4 Å². The van der Waals surface area contributed by atoms with Crippen LogP contribution >= 0.6 is 0 Å². The van der Waals surface area contributed by atoms with Crippen LogP contribution in [-0.4, -0.2) is 6.54 Å². The summed E-state index contributed by atoms with van der Waals surface area (Å²) >= 11 is 0. The van der Waals surface area contributed by atoms with Gasteiger partial charge in [0.15, 0.2) is 0 Å². The van der Waals surface area contributed by atoms with Crippen molar-refractivity contribution in [1.29, 1.82) is 0 Å². The first kappa shape index (κ1) is 12.1. The molecule has 1 rings (SSSR count). The standard InChI is InChI=1S/C14H23N.H2/c1-5-7-11(2)10-15-14-12(3)8-6-9-13(14)4;/h6,8-9,11,15H,5,7,10H2,1-4H3;1H. The summed E-state index contributed by atoms with van der Waals surface area (Å²) in [5, 5.41) is 3.57. The van der Waals surface area contributed by atoms with E-state index in [1.54, 1.807) is 0 Å². The van der Waals surface area contributed by atoms with E-state index in [4.69, 9.17) is 0 Å². The summed E-state index contributed by atoms with van der Waals surface area (Å²) in [5.74, 6) is 0.758. The van der Waals surface area contributed by atoms with Crippen LogP contribution in [0.2, 0.25) is 0 Å². The quantitative estimate of drug-likeness (QED) is 0.754. The lowest BCUT2D eigenvalue weighted by atomic mass is 10.0. The first-order valence-electron chi connectivity index (χ1n) is 5.95. The van der Waals surface area contributed by atoms with Crippen LogP contribution in [-0.2, 0) is 0 Å². The highest BCUT2D eigenvalue weighted by Gasteiger charge is 2.04. The Morgan fingerprint density at radius 1 is 1.27 bits per heavy atom. The molecule has 0 aliphatic carbocycles. The van der Waals surface area contributed by atoms with Gasteiger partial charge in [0.05, 0.1) is 0 Å². The van der Waals surface area contributed by atoms with Gasteiger partial charge in [-0.05, 0) is 37.3 Å². The van der Waals surface area contributed by atoms with Crippen molar-refractivity contribution in [1.82, 2.24) is 0 Å². The monoisotopic (exact) mass is 207 g/mol. The maximum absolute atomic E-state index is 3.57. The summed E-state index contributed by atoms with van der Waals surface area (Å²) in [5.41, 5.74) is 4.01. The molecule has 86 valence electrons. The number of benzene rings is 1. The fourth-order valence-electron chi connectivity index (χ4n) is 1.96. The minimum Gasteiger partial charge on any atom is -0.384 e. The molecule has 15 heavy (non-hydrogen) atoms. The molecule has 0 heterocycles. The lowest BCUT2D eigenvalue weighted by Gasteiger charge is -2.16. The summed E-state index contributed by atoms with van der Waals surface area (Å²) in [6.07, 6.45) is 2.58. The number of aryl methyl sites for hydroxylation is 2. The van der Waals surface area contributed by atoms with E-state index in [-0.39, 0.29) is 1.43 Å². The molecule has 1 heteroatoms. The average Bonchev–Trinajstić information content (AvgIpc) is 2.17. The van der Waals surface area contributed by atoms with Gasteiger partial charge in [-0.2, -0.15) is 0 Å². The summed E-state index contributed by atoms with van der Waals surface area (Å²) in [6.45, 7) is 9.97. The molecule has 0 fully saturated rings. The predicted molar refractivity (Wildman–Crippen MR) is 70.6 cm³/mol. The van der Waals surface area contributed by atoms with Crippen LogP contribution in [0.15, 0.2) is 18.2 Å². The summed E-state index contributed by atoms with van der Waals surface area (Å²) in [7, 11) is 0. The molecule has 0 bridgehead atoms. The van der Waals surface area contributed by atoms with Crippen molar-refractivity contribution in [3.8, 4) is 0 Å². The van der Waals surface area contributed by atoms with Crippen molar-refractivity contribution in [2.45, 2.75) is 40.5 Å². The zero-order valence-corrected chi connectivity index (χ0v) is 10.4. The van der Waals surface area contributed by atoms with Gasteiger partial charge in [0, 0.05) is 13.7 Å². The van der Waals surface area contributed by atoms with E-state index in [9.17, 15) is 0 Å². The maximum Gasteiger partial charge on any atom is 0.0399 e. The number of rotatable bonds is 5. The Bertz CT molecular complexity index is 289. The van der Waals surface area contributed by atoms with Crippen LogP contribution in [0, 0.1) is 19.8 Å². The molecule has 0 spiro atoms. The van der Waals surface area contributed by atoms with Crippen LogP contribution in [0.4, 0.5) is 5.69 Å². The normalized spacial score (nSPS) is 12.5. The minimum absolute atomic E-state index is 0. The third-order valence-electron chi connectivity index (χ3n) is 2.89. The first-order valence-corrected chi connectivity index (χ1v) is 5.95. The molecule has 0 amide bonds. The van der Waals surface area contributed by atoms with Crippen LogP contribution in [0.1, 0.15) is 39.2 Å². The number of nitrogens with one attached hydrogen (secondary N) is 1. The molecule has 0 aromatic heterocycles. The highest BCUT2D eigenvalue weighted by atomic mass is 14.9. The lowest BCUT2D eigenvalue weighted by molar-refractivity contribution is 0.550. The Morgan fingerprint density at radius 3 is 2.40 bits per heavy atom. The van der Waals surface area contributed by atoms with E-state index in [2.05, 4.69) is 51.2 Å². The topological polar surface area (TPSA) is 12.0 Å². The second-order valence-electron chi connectivity index (χ2n) is 4.54. The molecule has 1 atom stereocenters. The van der Waals surface area contributed by atoms with Gasteiger partial charge in [-0.25, -0.2) is 0 Å². The first-order chi connectivity index (χ1) is 7.15. The van der Waals surface area contributed by atoms with E-state index < -0.39 is 0 Å². The average molecular weight is 207 g/mol. The third kappa shape index (κ3) is 3.58. The van der Waals surface area contributed by atoms with E-state index in [1.807, 2.05) is 0 Å². The van der Waals surface area contributed by atoms with Crippen molar-refractivity contribution in [2.24, 2.45) is 5.92 Å². The molecule has 1 unspecified atom stereocenters. The van der Waals surface area contributed by atoms with Gasteiger partial charge in [-0.1, -0.05) is 38.5 Å². The largest absolute Gasteiger partial charge is 0.384 e. The van der Waals surface area contributed by atoms with Crippen LogP contribution < -0.4 is 5.32 Å². The highest BCUT2D eigenvalue weighted by molar-refractivity contribution is 5.56. The summed E-state index contributed by atoms with van der Waals surface area (Å²) in [4.78, 5) is 0. The van der Waals surface area contributed by atoms with Crippen molar-refractivity contribution in [3.63, 3.8) is 0 Å². The Balaban J connectivity index is 0.00000225. The van der Waals surface area contributed by atoms with Gasteiger partial charge in [-0.3, -0.25) is 0 Å². The SMILES string of the molecule is CCCC(C)CNc1c(C)cccc1C.[HH]. The molecule has 0 saturated heterocycles. The molecule has 0 aliphatic heterocycles. The zero-order valence-electron chi connectivity index (χ0n) is 10.4. The number of anilines is 1. The van der Waals surface area contributed by atoms with Crippen LogP contribution in [0.3, 0.4) is 0 Å². The van der Waals surface area contributed by atoms with E-state index in [1.165, 1.54) is 29.7 Å². The van der Waals surface area contributed by atoms with Gasteiger partial charge in [0.2, 0.25) is 0 Å². The Hall–Kier alpha value is -0.980. The fraction of sp³-hybridized carbons (Fsp3) is 0.571. The van der Waals surface area contributed by atoms with Crippen molar-refractivity contribution in [3.05, 3.63) is 29.3 Å². The highest BCUT2D eigenvalue weighted by Crippen LogP contribution is 2.20. The molecule has 0 aliphatic rings. The van der Waals surface area contributed by atoms with Crippen molar-refractivity contribution < 1.29 is 1.43 Å². The van der Waals surface area contributed by atoms with Gasteiger partial charge < -0.3 is 5.32 Å². The molecule has 0 saturated carbocycles. The Morgan fingerprint density at radius 2 is 1.87 bits per heavy atom. The molecule has 0 radical (unpaired) electrons.